The van der Waals surface area contributed by atoms with Crippen LogP contribution >= 0.6 is 11.6 Å². The topological polar surface area (TPSA) is 76.3 Å². The van der Waals surface area contributed by atoms with E-state index in [1.165, 1.54) is 0 Å². The van der Waals surface area contributed by atoms with Gasteiger partial charge in [0.2, 0.25) is 5.95 Å². The zero-order valence-corrected chi connectivity index (χ0v) is 13.8. The lowest BCUT2D eigenvalue weighted by Gasteiger charge is -2.21. The second kappa shape index (κ2) is 6.91. The van der Waals surface area contributed by atoms with Gasteiger partial charge in [0.1, 0.15) is 16.7 Å². The molecule has 1 saturated heterocycles. The van der Waals surface area contributed by atoms with Crippen LogP contribution in [0.5, 0.6) is 5.75 Å². The Balaban J connectivity index is 1.59. The highest BCUT2D eigenvalue weighted by molar-refractivity contribution is 6.29. The number of hydrogen-bond donors (Lipinski definition) is 2. The summed E-state index contributed by atoms with van der Waals surface area (Å²) in [5, 5.41) is 3.64. The number of nitrogens with one attached hydrogen (secondary N) is 1. The van der Waals surface area contributed by atoms with Crippen LogP contribution in [0.15, 0.2) is 30.3 Å². The maximum absolute atomic E-state index is 5.89. The number of benzene rings is 1. The van der Waals surface area contributed by atoms with Gasteiger partial charge in [-0.3, -0.25) is 0 Å². The van der Waals surface area contributed by atoms with Crippen molar-refractivity contribution in [1.82, 2.24) is 9.97 Å². The van der Waals surface area contributed by atoms with Gasteiger partial charge in [-0.15, -0.1) is 0 Å². The Labute approximate surface area is 140 Å². The molecule has 1 aromatic carbocycles. The van der Waals surface area contributed by atoms with Crippen molar-refractivity contribution in [1.29, 1.82) is 0 Å². The molecule has 0 aliphatic carbocycles. The molecule has 3 rings (SSSR count). The lowest BCUT2D eigenvalue weighted by molar-refractivity contribution is 0.414. The van der Waals surface area contributed by atoms with E-state index in [0.717, 1.165) is 37.5 Å². The van der Waals surface area contributed by atoms with Gasteiger partial charge in [-0.25, -0.2) is 4.98 Å². The lowest BCUT2D eigenvalue weighted by Crippen LogP contribution is -2.23. The molecule has 7 heteroatoms. The summed E-state index contributed by atoms with van der Waals surface area (Å²) >= 11 is 5.89. The van der Waals surface area contributed by atoms with Gasteiger partial charge in [-0.1, -0.05) is 23.7 Å². The molecule has 122 valence electrons. The van der Waals surface area contributed by atoms with E-state index < -0.39 is 0 Å². The van der Waals surface area contributed by atoms with Crippen molar-refractivity contribution < 1.29 is 4.74 Å². The average molecular weight is 334 g/mol. The van der Waals surface area contributed by atoms with E-state index in [1.54, 1.807) is 13.2 Å². The van der Waals surface area contributed by atoms with Crippen molar-refractivity contribution in [3.05, 3.63) is 35.5 Å². The number of nitrogen functional groups attached to an aromatic ring is 1. The predicted molar refractivity (Wildman–Crippen MR) is 93.3 cm³/mol. The Bertz CT molecular complexity index is 661. The molecule has 6 nitrogen and oxygen atoms in total. The van der Waals surface area contributed by atoms with Crippen LogP contribution in [0, 0.1) is 5.92 Å². The molecule has 2 aromatic rings. The molecule has 1 atom stereocenters. The van der Waals surface area contributed by atoms with Crippen molar-refractivity contribution in [3.8, 4) is 5.75 Å². The Hall–Kier alpha value is -2.21. The fourth-order valence-electron chi connectivity index (χ4n) is 2.88. The molecular formula is C16H20ClN5O. The standard InChI is InChI=1S/C16H20ClN5O/c1-23-13-5-3-2-4-12(13)22-7-6-11(10-22)9-19-15-8-14(17)20-16(18)21-15/h2-5,8,11H,6-7,9-10H2,1H3,(H3,18,19,20,21)/t11-/m1/s1. The number of para-hydroxylation sites is 2. The summed E-state index contributed by atoms with van der Waals surface area (Å²) in [4.78, 5) is 10.3. The average Bonchev–Trinajstić information content (AvgIpc) is 3.01. The van der Waals surface area contributed by atoms with Gasteiger partial charge < -0.3 is 20.7 Å². The molecule has 1 aliphatic heterocycles. The van der Waals surface area contributed by atoms with Crippen LogP contribution in [0.2, 0.25) is 5.15 Å². The SMILES string of the molecule is COc1ccccc1N1CC[C@H](CNc2cc(Cl)nc(N)n2)C1. The quantitative estimate of drug-likeness (QED) is 0.819. The van der Waals surface area contributed by atoms with Crippen molar-refractivity contribution in [2.45, 2.75) is 6.42 Å². The van der Waals surface area contributed by atoms with E-state index in [1.807, 2.05) is 18.2 Å². The number of rotatable bonds is 5. The fourth-order valence-corrected chi connectivity index (χ4v) is 3.07. The molecule has 3 N–H and O–H groups in total. The predicted octanol–water partition coefficient (Wildman–Crippen LogP) is 2.66. The van der Waals surface area contributed by atoms with Crippen LogP contribution in [0.1, 0.15) is 6.42 Å². The van der Waals surface area contributed by atoms with E-state index in [9.17, 15) is 0 Å². The number of ether oxygens (including phenoxy) is 1. The second-order valence-corrected chi connectivity index (χ2v) is 5.97. The third-order valence-electron chi connectivity index (χ3n) is 4.00. The van der Waals surface area contributed by atoms with Gasteiger partial charge in [0.15, 0.2) is 0 Å². The highest BCUT2D eigenvalue weighted by Gasteiger charge is 2.24. The van der Waals surface area contributed by atoms with Gasteiger partial charge in [0.05, 0.1) is 12.8 Å². The zero-order chi connectivity index (χ0) is 16.2. The molecule has 0 radical (unpaired) electrons. The van der Waals surface area contributed by atoms with Gasteiger partial charge in [0, 0.05) is 25.7 Å². The Morgan fingerprint density at radius 2 is 2.22 bits per heavy atom. The number of aromatic nitrogens is 2. The number of halogens is 1. The van der Waals surface area contributed by atoms with Crippen LogP contribution in [0.3, 0.4) is 0 Å². The molecule has 0 bridgehead atoms. The first-order valence-corrected chi connectivity index (χ1v) is 7.95. The molecule has 2 heterocycles. The van der Waals surface area contributed by atoms with Gasteiger partial charge in [0.25, 0.3) is 0 Å². The minimum absolute atomic E-state index is 0.182. The van der Waals surface area contributed by atoms with Crippen molar-refractivity contribution in [2.75, 3.05) is 42.7 Å². The first-order valence-electron chi connectivity index (χ1n) is 7.57. The van der Waals surface area contributed by atoms with Crippen LogP contribution in [0.25, 0.3) is 0 Å². The summed E-state index contributed by atoms with van der Waals surface area (Å²) < 4.78 is 5.45. The van der Waals surface area contributed by atoms with E-state index in [0.29, 0.717) is 16.9 Å². The van der Waals surface area contributed by atoms with Crippen LogP contribution in [0.4, 0.5) is 17.5 Å². The summed E-state index contributed by atoms with van der Waals surface area (Å²) in [5.74, 6) is 2.28. The lowest BCUT2D eigenvalue weighted by atomic mass is 10.1. The number of hydrogen-bond acceptors (Lipinski definition) is 6. The maximum Gasteiger partial charge on any atom is 0.223 e. The van der Waals surface area contributed by atoms with Crippen LogP contribution in [-0.4, -0.2) is 36.7 Å². The summed E-state index contributed by atoms with van der Waals surface area (Å²) in [7, 11) is 1.71. The number of nitrogens with zero attached hydrogens (tertiary/aromatic N) is 3. The van der Waals surface area contributed by atoms with E-state index >= 15 is 0 Å². The third-order valence-corrected chi connectivity index (χ3v) is 4.19. The van der Waals surface area contributed by atoms with Crippen molar-refractivity contribution in [3.63, 3.8) is 0 Å². The summed E-state index contributed by atoms with van der Waals surface area (Å²) in [6.07, 6.45) is 1.11. The summed E-state index contributed by atoms with van der Waals surface area (Å²) in [6.45, 7) is 2.81. The third kappa shape index (κ3) is 3.76. The van der Waals surface area contributed by atoms with E-state index in [2.05, 4.69) is 26.3 Å². The Morgan fingerprint density at radius 1 is 1.39 bits per heavy atom. The maximum atomic E-state index is 5.89. The molecule has 0 unspecified atom stereocenters. The summed E-state index contributed by atoms with van der Waals surface area (Å²) in [6, 6.07) is 9.80. The molecule has 0 spiro atoms. The largest absolute Gasteiger partial charge is 0.495 e. The van der Waals surface area contributed by atoms with Gasteiger partial charge in [-0.2, -0.15) is 4.98 Å². The smallest absolute Gasteiger partial charge is 0.223 e. The molecule has 1 aliphatic rings. The number of anilines is 3. The van der Waals surface area contributed by atoms with E-state index in [4.69, 9.17) is 22.1 Å². The molecular weight excluding hydrogens is 314 g/mol. The van der Waals surface area contributed by atoms with Gasteiger partial charge >= 0.3 is 0 Å². The molecule has 23 heavy (non-hydrogen) atoms. The van der Waals surface area contributed by atoms with Crippen molar-refractivity contribution in [2.24, 2.45) is 5.92 Å². The minimum Gasteiger partial charge on any atom is -0.495 e. The van der Waals surface area contributed by atoms with Crippen LogP contribution < -0.4 is 20.7 Å². The highest BCUT2D eigenvalue weighted by atomic mass is 35.5. The summed E-state index contributed by atoms with van der Waals surface area (Å²) in [5.41, 5.74) is 6.75. The monoisotopic (exact) mass is 333 g/mol. The minimum atomic E-state index is 0.182. The van der Waals surface area contributed by atoms with E-state index in [-0.39, 0.29) is 5.95 Å². The first kappa shape index (κ1) is 15.7. The first-order chi connectivity index (χ1) is 11.2. The normalized spacial score (nSPS) is 17.3. The fraction of sp³-hybridized carbons (Fsp3) is 0.375. The molecule has 0 saturated carbocycles. The molecule has 0 amide bonds. The number of nitrogens with two attached hydrogens (primary N) is 1. The molecule has 1 aromatic heterocycles. The highest BCUT2D eigenvalue weighted by Crippen LogP contribution is 2.32. The Kier molecular flexibility index (Phi) is 4.71. The van der Waals surface area contributed by atoms with Crippen molar-refractivity contribution >= 4 is 29.1 Å². The molecule has 1 fully saturated rings. The van der Waals surface area contributed by atoms with Gasteiger partial charge in [-0.05, 0) is 24.5 Å². The second-order valence-electron chi connectivity index (χ2n) is 5.59. The number of methoxy groups -OCH3 is 1. The Morgan fingerprint density at radius 3 is 3.00 bits per heavy atom. The van der Waals surface area contributed by atoms with Crippen LogP contribution in [-0.2, 0) is 0 Å². The zero-order valence-electron chi connectivity index (χ0n) is 13.0.